The Morgan fingerprint density at radius 1 is 1.29 bits per heavy atom. The SMILES string of the molecule is c1ccc2c(c1)CCC2C1NCCS1. The third-order valence-electron chi connectivity index (χ3n) is 3.29. The molecule has 2 unspecified atom stereocenters. The first-order chi connectivity index (χ1) is 6.95. The minimum absolute atomic E-state index is 0.679. The number of aryl methyl sites for hydroxylation is 1. The van der Waals surface area contributed by atoms with Crippen molar-refractivity contribution in [2.24, 2.45) is 0 Å². The molecule has 2 heteroatoms. The largest absolute Gasteiger partial charge is 0.304 e. The van der Waals surface area contributed by atoms with E-state index in [0.29, 0.717) is 5.37 Å². The van der Waals surface area contributed by atoms with E-state index < -0.39 is 0 Å². The summed E-state index contributed by atoms with van der Waals surface area (Å²) in [6.07, 6.45) is 2.61. The van der Waals surface area contributed by atoms with Crippen LogP contribution >= 0.6 is 11.8 Å². The van der Waals surface area contributed by atoms with Gasteiger partial charge in [0.1, 0.15) is 0 Å². The molecule has 2 atom stereocenters. The second-order valence-electron chi connectivity index (χ2n) is 4.09. The Bertz CT molecular complexity index is 331. The van der Waals surface area contributed by atoms with Crippen molar-refractivity contribution in [3.05, 3.63) is 35.4 Å². The Labute approximate surface area is 89.3 Å². The topological polar surface area (TPSA) is 12.0 Å². The van der Waals surface area contributed by atoms with Gasteiger partial charge in [0, 0.05) is 18.2 Å². The lowest BCUT2D eigenvalue weighted by molar-refractivity contribution is 0.575. The summed E-state index contributed by atoms with van der Waals surface area (Å²) in [4.78, 5) is 0. The minimum Gasteiger partial charge on any atom is -0.304 e. The highest BCUT2D eigenvalue weighted by Gasteiger charge is 2.31. The van der Waals surface area contributed by atoms with Gasteiger partial charge < -0.3 is 5.32 Å². The molecule has 1 heterocycles. The van der Waals surface area contributed by atoms with Gasteiger partial charge in [-0.2, -0.15) is 0 Å². The van der Waals surface area contributed by atoms with Gasteiger partial charge in [0.05, 0.1) is 5.37 Å². The molecule has 2 aliphatic rings. The smallest absolute Gasteiger partial charge is 0.0602 e. The monoisotopic (exact) mass is 205 g/mol. The predicted molar refractivity (Wildman–Crippen MR) is 61.8 cm³/mol. The van der Waals surface area contributed by atoms with Crippen molar-refractivity contribution in [3.8, 4) is 0 Å². The van der Waals surface area contributed by atoms with Gasteiger partial charge in [-0.1, -0.05) is 24.3 Å². The van der Waals surface area contributed by atoms with E-state index in [1.54, 1.807) is 11.1 Å². The van der Waals surface area contributed by atoms with Crippen LogP contribution in [0.25, 0.3) is 0 Å². The average Bonchev–Trinajstić information content (AvgIpc) is 2.85. The third-order valence-corrected chi connectivity index (χ3v) is 4.58. The number of hydrogen-bond donors (Lipinski definition) is 1. The van der Waals surface area contributed by atoms with Gasteiger partial charge in [-0.25, -0.2) is 0 Å². The molecule has 1 fully saturated rings. The Morgan fingerprint density at radius 3 is 3.07 bits per heavy atom. The molecule has 1 aromatic carbocycles. The highest BCUT2D eigenvalue weighted by Crippen LogP contribution is 2.39. The molecule has 74 valence electrons. The molecule has 1 nitrogen and oxygen atoms in total. The highest BCUT2D eigenvalue weighted by atomic mass is 32.2. The van der Waals surface area contributed by atoms with Crippen molar-refractivity contribution in [3.63, 3.8) is 0 Å². The molecule has 0 spiro atoms. The van der Waals surface area contributed by atoms with E-state index in [2.05, 4.69) is 41.3 Å². The van der Waals surface area contributed by atoms with E-state index in [1.165, 1.54) is 25.1 Å². The maximum Gasteiger partial charge on any atom is 0.0602 e. The van der Waals surface area contributed by atoms with Crippen LogP contribution in [0.3, 0.4) is 0 Å². The van der Waals surface area contributed by atoms with E-state index in [9.17, 15) is 0 Å². The van der Waals surface area contributed by atoms with Crippen molar-refractivity contribution in [2.75, 3.05) is 12.3 Å². The van der Waals surface area contributed by atoms with Crippen LogP contribution < -0.4 is 5.32 Å². The van der Waals surface area contributed by atoms with Gasteiger partial charge in [-0.05, 0) is 24.0 Å². The van der Waals surface area contributed by atoms with Crippen LogP contribution in [0.5, 0.6) is 0 Å². The van der Waals surface area contributed by atoms with Crippen LogP contribution in [-0.2, 0) is 6.42 Å². The highest BCUT2D eigenvalue weighted by molar-refractivity contribution is 8.00. The molecular formula is C12H15NS. The fraction of sp³-hybridized carbons (Fsp3) is 0.500. The molecule has 1 aliphatic carbocycles. The molecular weight excluding hydrogens is 190 g/mol. The fourth-order valence-corrected chi connectivity index (χ4v) is 3.85. The molecule has 0 radical (unpaired) electrons. The summed E-state index contributed by atoms with van der Waals surface area (Å²) in [7, 11) is 0. The van der Waals surface area contributed by atoms with E-state index in [-0.39, 0.29) is 0 Å². The normalized spacial score (nSPS) is 30.6. The molecule has 1 aromatic rings. The molecule has 0 amide bonds. The Hall–Kier alpha value is -0.470. The fourth-order valence-electron chi connectivity index (χ4n) is 2.61. The van der Waals surface area contributed by atoms with Gasteiger partial charge in [0.15, 0.2) is 0 Å². The van der Waals surface area contributed by atoms with E-state index >= 15 is 0 Å². The molecule has 14 heavy (non-hydrogen) atoms. The summed E-state index contributed by atoms with van der Waals surface area (Å²) in [5, 5.41) is 4.28. The van der Waals surface area contributed by atoms with Gasteiger partial charge in [-0.15, -0.1) is 11.8 Å². The van der Waals surface area contributed by atoms with Crippen molar-refractivity contribution in [1.29, 1.82) is 0 Å². The number of rotatable bonds is 1. The predicted octanol–water partition coefficient (Wildman–Crippen LogP) is 2.38. The Morgan fingerprint density at radius 2 is 2.21 bits per heavy atom. The van der Waals surface area contributed by atoms with Crippen LogP contribution in [0.4, 0.5) is 0 Å². The molecule has 0 saturated carbocycles. The van der Waals surface area contributed by atoms with Gasteiger partial charge in [0.25, 0.3) is 0 Å². The maximum atomic E-state index is 3.60. The number of nitrogens with one attached hydrogen (secondary N) is 1. The molecule has 1 aliphatic heterocycles. The minimum atomic E-state index is 0.679. The van der Waals surface area contributed by atoms with Crippen molar-refractivity contribution >= 4 is 11.8 Å². The summed E-state index contributed by atoms with van der Waals surface area (Å²) >= 11 is 2.09. The summed E-state index contributed by atoms with van der Waals surface area (Å²) < 4.78 is 0. The molecule has 0 bridgehead atoms. The molecule has 1 N–H and O–H groups in total. The average molecular weight is 205 g/mol. The second kappa shape index (κ2) is 3.59. The first kappa shape index (κ1) is 8.81. The molecule has 1 saturated heterocycles. The maximum absolute atomic E-state index is 3.60. The molecule has 3 rings (SSSR count). The number of thioether (sulfide) groups is 1. The zero-order chi connectivity index (χ0) is 9.38. The summed E-state index contributed by atoms with van der Waals surface area (Å²) in [6.45, 7) is 1.19. The number of fused-ring (bicyclic) bond motifs is 1. The van der Waals surface area contributed by atoms with Crippen LogP contribution in [0.2, 0.25) is 0 Å². The third kappa shape index (κ3) is 1.37. The lowest BCUT2D eigenvalue weighted by Gasteiger charge is -2.18. The Balaban J connectivity index is 1.89. The van der Waals surface area contributed by atoms with Gasteiger partial charge in [0.2, 0.25) is 0 Å². The van der Waals surface area contributed by atoms with Crippen LogP contribution in [-0.4, -0.2) is 17.7 Å². The van der Waals surface area contributed by atoms with E-state index in [4.69, 9.17) is 0 Å². The van der Waals surface area contributed by atoms with Crippen molar-refractivity contribution in [2.45, 2.75) is 24.1 Å². The summed E-state index contributed by atoms with van der Waals surface area (Å²) in [5.41, 5.74) is 3.17. The molecule has 0 aromatic heterocycles. The van der Waals surface area contributed by atoms with Crippen LogP contribution in [0.1, 0.15) is 23.5 Å². The summed E-state index contributed by atoms with van der Waals surface area (Å²) in [6, 6.07) is 8.94. The van der Waals surface area contributed by atoms with E-state index in [0.717, 1.165) is 5.92 Å². The quantitative estimate of drug-likeness (QED) is 0.755. The van der Waals surface area contributed by atoms with Crippen molar-refractivity contribution in [1.82, 2.24) is 5.32 Å². The summed E-state index contributed by atoms with van der Waals surface area (Å²) in [5.74, 6) is 2.04. The standard InChI is InChI=1S/C12H15NS/c1-2-4-10-9(3-1)5-6-11(10)12-13-7-8-14-12/h1-4,11-13H,5-8H2. The lowest BCUT2D eigenvalue weighted by Crippen LogP contribution is -2.25. The Kier molecular flexibility index (Phi) is 2.26. The van der Waals surface area contributed by atoms with Crippen LogP contribution in [0.15, 0.2) is 24.3 Å². The number of hydrogen-bond acceptors (Lipinski definition) is 2. The lowest BCUT2D eigenvalue weighted by atomic mass is 10.0. The van der Waals surface area contributed by atoms with Gasteiger partial charge in [-0.3, -0.25) is 0 Å². The first-order valence-electron chi connectivity index (χ1n) is 5.38. The van der Waals surface area contributed by atoms with Crippen LogP contribution in [0, 0.1) is 0 Å². The van der Waals surface area contributed by atoms with Gasteiger partial charge >= 0.3 is 0 Å². The van der Waals surface area contributed by atoms with E-state index in [1.807, 2.05) is 0 Å². The zero-order valence-corrected chi connectivity index (χ0v) is 9.02. The second-order valence-corrected chi connectivity index (χ2v) is 5.34. The zero-order valence-electron chi connectivity index (χ0n) is 8.20. The number of benzene rings is 1. The first-order valence-corrected chi connectivity index (χ1v) is 6.43. The van der Waals surface area contributed by atoms with Crippen molar-refractivity contribution < 1.29 is 0 Å².